The van der Waals surface area contributed by atoms with E-state index in [4.69, 9.17) is 16.3 Å². The molecular weight excluding hydrogens is 380 g/mol. The second-order valence-electron chi connectivity index (χ2n) is 7.95. The minimum absolute atomic E-state index is 0.0956. The summed E-state index contributed by atoms with van der Waals surface area (Å²) < 4.78 is 5.42. The molecule has 158 valence electrons. The number of unbranched alkanes of at least 4 members (excludes halogenated alkanes) is 5. The summed E-state index contributed by atoms with van der Waals surface area (Å²) in [7, 11) is 0. The number of carbonyl (C=O) groups excluding carboxylic acids is 1. The molecule has 2 atom stereocenters. The van der Waals surface area contributed by atoms with Crippen molar-refractivity contribution in [2.45, 2.75) is 77.5 Å². The molecule has 0 fully saturated rings. The zero-order chi connectivity index (χ0) is 21.1. The Morgan fingerprint density at radius 3 is 2.00 bits per heavy atom. The first-order valence-corrected chi connectivity index (χ1v) is 11.5. The van der Waals surface area contributed by atoms with Gasteiger partial charge in [-0.2, -0.15) is 0 Å². The van der Waals surface area contributed by atoms with Gasteiger partial charge in [0.15, 0.2) is 0 Å². The number of carbonyl (C=O) groups is 1. The average molecular weight is 415 g/mol. The molecule has 2 unspecified atom stereocenters. The molecule has 2 aromatic rings. The van der Waals surface area contributed by atoms with Crippen LogP contribution in [-0.4, -0.2) is 11.3 Å². The number of esters is 1. The highest BCUT2D eigenvalue weighted by atomic mass is 35.5. The average Bonchev–Trinajstić information content (AvgIpc) is 2.76. The predicted octanol–water partition coefficient (Wildman–Crippen LogP) is 7.82. The Morgan fingerprint density at radius 2 is 1.41 bits per heavy atom. The summed E-state index contributed by atoms with van der Waals surface area (Å²) in [5.41, 5.74) is 3.68. The van der Waals surface area contributed by atoms with Crippen LogP contribution in [0.4, 0.5) is 0 Å². The van der Waals surface area contributed by atoms with E-state index in [0.717, 1.165) is 18.4 Å². The lowest BCUT2D eigenvalue weighted by Crippen LogP contribution is -2.26. The van der Waals surface area contributed by atoms with Crippen LogP contribution >= 0.6 is 11.6 Å². The number of alkyl halides is 1. The summed E-state index contributed by atoms with van der Waals surface area (Å²) in [5, 5.41) is -0.612. The summed E-state index contributed by atoms with van der Waals surface area (Å²) in [6.07, 6.45) is 9.96. The summed E-state index contributed by atoms with van der Waals surface area (Å²) in [4.78, 5) is 12.1. The van der Waals surface area contributed by atoms with E-state index in [2.05, 4.69) is 31.2 Å². The van der Waals surface area contributed by atoms with Gasteiger partial charge in [0.2, 0.25) is 0 Å². The Balaban J connectivity index is 1.85. The zero-order valence-corrected chi connectivity index (χ0v) is 18.9. The largest absolute Gasteiger partial charge is 0.425 e. The van der Waals surface area contributed by atoms with E-state index >= 15 is 0 Å². The third kappa shape index (κ3) is 7.85. The van der Waals surface area contributed by atoms with E-state index in [1.165, 1.54) is 49.7 Å². The number of rotatable bonds is 12. The molecule has 0 spiro atoms. The van der Waals surface area contributed by atoms with Crippen molar-refractivity contribution in [1.29, 1.82) is 0 Å². The summed E-state index contributed by atoms with van der Waals surface area (Å²) in [6.45, 7) is 6.23. The van der Waals surface area contributed by atoms with Gasteiger partial charge in [-0.15, -0.1) is 11.6 Å². The highest BCUT2D eigenvalue weighted by Crippen LogP contribution is 2.24. The summed E-state index contributed by atoms with van der Waals surface area (Å²) >= 11 is 6.17. The van der Waals surface area contributed by atoms with E-state index in [0.29, 0.717) is 5.75 Å². The van der Waals surface area contributed by atoms with Gasteiger partial charge in [0.25, 0.3) is 0 Å². The number of hydrogen-bond acceptors (Lipinski definition) is 2. The lowest BCUT2D eigenvalue weighted by atomic mass is 10.0. The molecule has 0 aromatic heterocycles. The van der Waals surface area contributed by atoms with Gasteiger partial charge in [0.1, 0.15) is 11.1 Å². The first kappa shape index (κ1) is 23.5. The molecule has 0 aliphatic rings. The SMILES string of the molecule is CCCCCCCCc1ccc(-c2ccc(OC(=O)C(Cl)C(C)CC)cc2)cc1. The maximum atomic E-state index is 12.1. The maximum Gasteiger partial charge on any atom is 0.329 e. The second-order valence-corrected chi connectivity index (χ2v) is 8.42. The zero-order valence-electron chi connectivity index (χ0n) is 18.1. The van der Waals surface area contributed by atoms with Crippen molar-refractivity contribution in [3.05, 3.63) is 54.1 Å². The van der Waals surface area contributed by atoms with Crippen LogP contribution in [-0.2, 0) is 11.2 Å². The van der Waals surface area contributed by atoms with Gasteiger partial charge >= 0.3 is 5.97 Å². The van der Waals surface area contributed by atoms with Gasteiger partial charge < -0.3 is 4.74 Å². The van der Waals surface area contributed by atoms with E-state index in [-0.39, 0.29) is 11.9 Å². The van der Waals surface area contributed by atoms with Crippen molar-refractivity contribution >= 4 is 17.6 Å². The van der Waals surface area contributed by atoms with Crippen LogP contribution in [0.15, 0.2) is 48.5 Å². The molecule has 2 rings (SSSR count). The first-order valence-electron chi connectivity index (χ1n) is 11.1. The number of benzene rings is 2. The molecule has 0 heterocycles. The van der Waals surface area contributed by atoms with Crippen molar-refractivity contribution in [3.8, 4) is 16.9 Å². The van der Waals surface area contributed by atoms with E-state index in [1.54, 1.807) is 0 Å². The quantitative estimate of drug-likeness (QED) is 0.153. The van der Waals surface area contributed by atoms with Gasteiger partial charge in [-0.3, -0.25) is 4.79 Å². The number of aryl methyl sites for hydroxylation is 1. The molecule has 0 aliphatic heterocycles. The molecular formula is C26H35ClO2. The van der Waals surface area contributed by atoms with Crippen molar-refractivity contribution < 1.29 is 9.53 Å². The lowest BCUT2D eigenvalue weighted by molar-refractivity contribution is -0.134. The highest BCUT2D eigenvalue weighted by molar-refractivity contribution is 6.30. The molecule has 2 aromatic carbocycles. The second kappa shape index (κ2) is 12.7. The molecule has 0 bridgehead atoms. The molecule has 29 heavy (non-hydrogen) atoms. The highest BCUT2D eigenvalue weighted by Gasteiger charge is 2.23. The van der Waals surface area contributed by atoms with Crippen LogP contribution in [0.3, 0.4) is 0 Å². The van der Waals surface area contributed by atoms with Crippen LogP contribution in [0.5, 0.6) is 5.75 Å². The Labute approximate surface area is 181 Å². The minimum Gasteiger partial charge on any atom is -0.425 e. The Morgan fingerprint density at radius 1 is 0.862 bits per heavy atom. The molecule has 0 saturated heterocycles. The molecule has 3 heteroatoms. The summed E-state index contributed by atoms with van der Waals surface area (Å²) in [6, 6.07) is 16.4. The van der Waals surface area contributed by atoms with Gasteiger partial charge in [-0.25, -0.2) is 0 Å². The van der Waals surface area contributed by atoms with Crippen LogP contribution in [0.2, 0.25) is 0 Å². The Kier molecular flexibility index (Phi) is 10.3. The van der Waals surface area contributed by atoms with Crippen molar-refractivity contribution in [1.82, 2.24) is 0 Å². The molecule has 0 aliphatic carbocycles. The van der Waals surface area contributed by atoms with Crippen LogP contribution in [0, 0.1) is 5.92 Å². The van der Waals surface area contributed by atoms with E-state index in [1.807, 2.05) is 38.1 Å². The van der Waals surface area contributed by atoms with Crippen molar-refractivity contribution in [2.24, 2.45) is 5.92 Å². The molecule has 0 radical (unpaired) electrons. The lowest BCUT2D eigenvalue weighted by Gasteiger charge is -2.15. The summed E-state index contributed by atoms with van der Waals surface area (Å²) in [5.74, 6) is 0.249. The number of hydrogen-bond donors (Lipinski definition) is 0. The number of ether oxygens (including phenoxy) is 1. The van der Waals surface area contributed by atoms with Gasteiger partial charge in [0.05, 0.1) is 0 Å². The number of halogens is 1. The predicted molar refractivity (Wildman–Crippen MR) is 124 cm³/mol. The molecule has 2 nitrogen and oxygen atoms in total. The normalized spacial score (nSPS) is 13.1. The minimum atomic E-state index is -0.612. The monoisotopic (exact) mass is 414 g/mol. The van der Waals surface area contributed by atoms with Gasteiger partial charge in [0, 0.05) is 0 Å². The fraction of sp³-hybridized carbons (Fsp3) is 0.500. The Bertz CT molecular complexity index is 721. The third-order valence-corrected chi connectivity index (χ3v) is 6.16. The third-order valence-electron chi connectivity index (χ3n) is 5.55. The smallest absolute Gasteiger partial charge is 0.329 e. The van der Waals surface area contributed by atoms with Crippen molar-refractivity contribution in [3.63, 3.8) is 0 Å². The van der Waals surface area contributed by atoms with Crippen molar-refractivity contribution in [2.75, 3.05) is 0 Å². The molecule has 0 saturated carbocycles. The van der Waals surface area contributed by atoms with E-state index < -0.39 is 5.38 Å². The fourth-order valence-corrected chi connectivity index (χ4v) is 3.52. The van der Waals surface area contributed by atoms with Gasteiger partial charge in [-0.1, -0.05) is 95.7 Å². The van der Waals surface area contributed by atoms with Crippen LogP contribution in [0.1, 0.15) is 71.3 Å². The molecule has 0 N–H and O–H groups in total. The van der Waals surface area contributed by atoms with Crippen LogP contribution in [0.25, 0.3) is 11.1 Å². The van der Waals surface area contributed by atoms with E-state index in [9.17, 15) is 4.79 Å². The fourth-order valence-electron chi connectivity index (χ4n) is 3.30. The molecule has 0 amide bonds. The standard InChI is InChI=1S/C26H35ClO2/c1-4-6-7-8-9-10-11-21-12-14-22(15-13-21)23-16-18-24(19-17-23)29-26(28)25(27)20(3)5-2/h12-20,25H,4-11H2,1-3H3. The maximum absolute atomic E-state index is 12.1. The topological polar surface area (TPSA) is 26.3 Å². The van der Waals surface area contributed by atoms with Crippen LogP contribution < -0.4 is 4.74 Å². The first-order chi connectivity index (χ1) is 14.0. The van der Waals surface area contributed by atoms with Gasteiger partial charge in [-0.05, 0) is 47.6 Å². The Hall–Kier alpha value is -1.80.